The minimum atomic E-state index is -0.0943. The lowest BCUT2D eigenvalue weighted by Crippen LogP contribution is -2.31. The second-order valence-electron chi connectivity index (χ2n) is 5.37. The Bertz CT molecular complexity index is 814. The van der Waals surface area contributed by atoms with E-state index >= 15 is 0 Å². The van der Waals surface area contributed by atoms with Crippen LogP contribution in [0, 0.1) is 0 Å². The molecule has 3 rings (SSSR count). The predicted molar refractivity (Wildman–Crippen MR) is 96.3 cm³/mol. The first kappa shape index (κ1) is 16.7. The maximum atomic E-state index is 12.8. The van der Waals surface area contributed by atoms with Gasteiger partial charge in [0.2, 0.25) is 0 Å². The molecule has 0 fully saturated rings. The van der Waals surface area contributed by atoms with Crippen molar-refractivity contribution >= 4 is 28.8 Å². The van der Waals surface area contributed by atoms with Gasteiger partial charge in [-0.05, 0) is 30.0 Å². The molecule has 0 unspecified atom stereocenters. The third-order valence-corrected chi connectivity index (χ3v) is 4.77. The van der Waals surface area contributed by atoms with Crippen LogP contribution in [0.4, 0.5) is 0 Å². The minimum Gasteiger partial charge on any atom is -0.355 e. The molecule has 0 spiro atoms. The van der Waals surface area contributed by atoms with Crippen molar-refractivity contribution in [2.24, 2.45) is 0 Å². The number of nitrogens with zero attached hydrogens (tertiary/aromatic N) is 2. The van der Waals surface area contributed by atoms with Gasteiger partial charge in [0.1, 0.15) is 5.69 Å². The Morgan fingerprint density at radius 2 is 2.12 bits per heavy atom. The van der Waals surface area contributed by atoms with Crippen LogP contribution in [0.5, 0.6) is 0 Å². The van der Waals surface area contributed by atoms with Gasteiger partial charge in [0.15, 0.2) is 5.76 Å². The van der Waals surface area contributed by atoms with Gasteiger partial charge < -0.3 is 9.42 Å². The number of amides is 1. The Morgan fingerprint density at radius 3 is 2.83 bits per heavy atom. The van der Waals surface area contributed by atoms with E-state index in [2.05, 4.69) is 5.16 Å². The summed E-state index contributed by atoms with van der Waals surface area (Å²) in [5.74, 6) is 0.629. The van der Waals surface area contributed by atoms with Crippen LogP contribution in [0.15, 0.2) is 52.4 Å². The lowest BCUT2D eigenvalue weighted by Gasteiger charge is -2.21. The fourth-order valence-corrected chi connectivity index (χ4v) is 3.33. The van der Waals surface area contributed by atoms with Gasteiger partial charge in [-0.3, -0.25) is 4.79 Å². The molecule has 1 amide bonds. The van der Waals surface area contributed by atoms with E-state index in [1.54, 1.807) is 28.4 Å². The summed E-state index contributed by atoms with van der Waals surface area (Å²) in [4.78, 5) is 15.5. The first-order valence-corrected chi connectivity index (χ1v) is 8.98. The zero-order valence-electron chi connectivity index (χ0n) is 13.2. The number of carbonyl (C=O) groups is 1. The van der Waals surface area contributed by atoms with E-state index in [4.69, 9.17) is 16.1 Å². The van der Waals surface area contributed by atoms with Crippen LogP contribution in [-0.2, 0) is 6.54 Å². The van der Waals surface area contributed by atoms with E-state index in [9.17, 15) is 4.79 Å². The quantitative estimate of drug-likeness (QED) is 0.613. The number of hydrogen-bond donors (Lipinski definition) is 0. The highest BCUT2D eigenvalue weighted by molar-refractivity contribution is 7.13. The number of aromatic nitrogens is 1. The zero-order chi connectivity index (χ0) is 16.9. The highest BCUT2D eigenvalue weighted by Crippen LogP contribution is 2.26. The van der Waals surface area contributed by atoms with Crippen LogP contribution in [-0.4, -0.2) is 22.5 Å². The largest absolute Gasteiger partial charge is 0.355 e. The lowest BCUT2D eigenvalue weighted by molar-refractivity contribution is 0.0740. The van der Waals surface area contributed by atoms with Crippen LogP contribution < -0.4 is 0 Å². The maximum Gasteiger partial charge on any atom is 0.255 e. The van der Waals surface area contributed by atoms with Gasteiger partial charge in [0.25, 0.3) is 5.91 Å². The molecule has 0 saturated carbocycles. The average molecular weight is 361 g/mol. The summed E-state index contributed by atoms with van der Waals surface area (Å²) >= 11 is 7.75. The summed E-state index contributed by atoms with van der Waals surface area (Å²) in [6.07, 6.45) is 0.853. The van der Waals surface area contributed by atoms with Crippen LogP contribution in [0.1, 0.15) is 29.4 Å². The number of halogens is 1. The molecule has 4 nitrogen and oxygen atoms in total. The Kier molecular flexibility index (Phi) is 5.33. The number of benzene rings is 1. The molecule has 6 heteroatoms. The number of carbonyl (C=O) groups excluding carboxylic acids is 1. The normalized spacial score (nSPS) is 10.8. The molecular weight excluding hydrogens is 344 g/mol. The van der Waals surface area contributed by atoms with Crippen LogP contribution >= 0.6 is 22.9 Å². The van der Waals surface area contributed by atoms with E-state index in [0.29, 0.717) is 23.7 Å². The number of hydrogen-bond acceptors (Lipinski definition) is 4. The molecule has 0 aliphatic carbocycles. The van der Waals surface area contributed by atoms with Crippen molar-refractivity contribution in [3.63, 3.8) is 0 Å². The molecule has 0 N–H and O–H groups in total. The first-order valence-electron chi connectivity index (χ1n) is 7.72. The van der Waals surface area contributed by atoms with Crippen LogP contribution in [0.3, 0.4) is 0 Å². The van der Waals surface area contributed by atoms with Gasteiger partial charge in [0.05, 0.1) is 22.0 Å². The Balaban J connectivity index is 1.79. The summed E-state index contributed by atoms with van der Waals surface area (Å²) in [6.45, 7) is 3.06. The summed E-state index contributed by atoms with van der Waals surface area (Å²) < 4.78 is 5.39. The fourth-order valence-electron chi connectivity index (χ4n) is 2.44. The van der Waals surface area contributed by atoms with Crippen molar-refractivity contribution < 1.29 is 9.32 Å². The molecule has 0 bridgehead atoms. The highest BCUT2D eigenvalue weighted by atomic mass is 35.5. The first-order chi connectivity index (χ1) is 11.7. The van der Waals surface area contributed by atoms with E-state index < -0.39 is 0 Å². The number of rotatable bonds is 6. The molecule has 2 heterocycles. The van der Waals surface area contributed by atoms with Crippen molar-refractivity contribution in [2.75, 3.05) is 6.54 Å². The van der Waals surface area contributed by atoms with Gasteiger partial charge in [-0.1, -0.05) is 41.9 Å². The van der Waals surface area contributed by atoms with Crippen molar-refractivity contribution in [1.82, 2.24) is 10.1 Å². The van der Waals surface area contributed by atoms with Gasteiger partial charge in [0, 0.05) is 12.6 Å². The van der Waals surface area contributed by atoms with Gasteiger partial charge in [-0.15, -0.1) is 11.3 Å². The Hall–Kier alpha value is -2.11. The van der Waals surface area contributed by atoms with Crippen molar-refractivity contribution in [1.29, 1.82) is 0 Å². The molecule has 3 aromatic rings. The second-order valence-corrected chi connectivity index (χ2v) is 6.72. The van der Waals surface area contributed by atoms with Gasteiger partial charge >= 0.3 is 0 Å². The molecule has 0 aliphatic heterocycles. The summed E-state index contributed by atoms with van der Waals surface area (Å²) in [6, 6.07) is 12.9. The maximum absolute atomic E-state index is 12.8. The minimum absolute atomic E-state index is 0.0943. The summed E-state index contributed by atoms with van der Waals surface area (Å²) in [5.41, 5.74) is 1.24. The van der Waals surface area contributed by atoms with Crippen molar-refractivity contribution in [3.8, 4) is 10.6 Å². The summed E-state index contributed by atoms with van der Waals surface area (Å²) in [5, 5.41) is 6.55. The Morgan fingerprint density at radius 1 is 1.29 bits per heavy atom. The smallest absolute Gasteiger partial charge is 0.255 e. The Labute approximate surface area is 149 Å². The molecule has 2 aromatic heterocycles. The monoisotopic (exact) mass is 360 g/mol. The van der Waals surface area contributed by atoms with E-state index in [-0.39, 0.29) is 5.91 Å². The third kappa shape index (κ3) is 3.68. The molecule has 0 saturated heterocycles. The fraction of sp³-hybridized carbons (Fsp3) is 0.222. The highest BCUT2D eigenvalue weighted by Gasteiger charge is 2.19. The molecular formula is C18H17ClN2O2S. The van der Waals surface area contributed by atoms with Crippen molar-refractivity contribution in [2.45, 2.75) is 19.9 Å². The SMILES string of the molecule is CCCN(Cc1cc(-c2cccs2)on1)C(=O)c1ccccc1Cl. The standard InChI is InChI=1S/C18H17ClN2O2S/c1-2-9-21(18(22)14-6-3-4-7-15(14)19)12-13-11-16(23-20-13)17-8-5-10-24-17/h3-8,10-11H,2,9,12H2,1H3. The van der Waals surface area contributed by atoms with Gasteiger partial charge in [-0.2, -0.15) is 0 Å². The molecule has 0 atom stereocenters. The van der Waals surface area contributed by atoms with Crippen LogP contribution in [0.25, 0.3) is 10.6 Å². The molecule has 0 aliphatic rings. The van der Waals surface area contributed by atoms with E-state index in [1.807, 2.05) is 42.6 Å². The van der Waals surface area contributed by atoms with Crippen molar-refractivity contribution in [3.05, 3.63) is 64.1 Å². The molecule has 124 valence electrons. The third-order valence-electron chi connectivity index (χ3n) is 3.56. The molecule has 1 aromatic carbocycles. The average Bonchev–Trinajstić information content (AvgIpc) is 3.25. The zero-order valence-corrected chi connectivity index (χ0v) is 14.8. The topological polar surface area (TPSA) is 46.3 Å². The van der Waals surface area contributed by atoms with Crippen LogP contribution in [0.2, 0.25) is 5.02 Å². The molecule has 24 heavy (non-hydrogen) atoms. The van der Waals surface area contributed by atoms with Gasteiger partial charge in [-0.25, -0.2) is 0 Å². The lowest BCUT2D eigenvalue weighted by atomic mass is 10.2. The van der Waals surface area contributed by atoms with E-state index in [0.717, 1.165) is 22.8 Å². The second kappa shape index (κ2) is 7.64. The molecule has 0 radical (unpaired) electrons. The number of thiophene rings is 1. The predicted octanol–water partition coefficient (Wildman–Crippen LogP) is 5.11. The van der Waals surface area contributed by atoms with E-state index in [1.165, 1.54) is 0 Å². The summed E-state index contributed by atoms with van der Waals surface area (Å²) in [7, 11) is 0.